The number of amides is 1. The third kappa shape index (κ3) is 1.66. The summed E-state index contributed by atoms with van der Waals surface area (Å²) >= 11 is 0. The topological polar surface area (TPSA) is 68.9 Å². The molecular formula is C11H11N3O. The van der Waals surface area contributed by atoms with E-state index in [1.807, 2.05) is 19.9 Å². The van der Waals surface area contributed by atoms with Crippen LogP contribution < -0.4 is 5.73 Å². The third-order valence-corrected chi connectivity index (χ3v) is 2.28. The van der Waals surface area contributed by atoms with E-state index in [-0.39, 0.29) is 0 Å². The summed E-state index contributed by atoms with van der Waals surface area (Å²) in [5.74, 6) is -0.468. The van der Waals surface area contributed by atoms with Crippen LogP contribution in [0.3, 0.4) is 0 Å². The molecule has 76 valence electrons. The van der Waals surface area contributed by atoms with Crippen LogP contribution in [0.2, 0.25) is 0 Å². The van der Waals surface area contributed by atoms with Crippen molar-refractivity contribution < 1.29 is 4.79 Å². The molecule has 1 amide bonds. The summed E-state index contributed by atoms with van der Waals surface area (Å²) in [5, 5.41) is 0.872. The minimum atomic E-state index is -0.468. The molecule has 0 saturated heterocycles. The number of aromatic nitrogens is 2. The van der Waals surface area contributed by atoms with Gasteiger partial charge in [0.25, 0.3) is 0 Å². The number of hydrogen-bond acceptors (Lipinski definition) is 3. The van der Waals surface area contributed by atoms with Crippen LogP contribution in [-0.4, -0.2) is 15.9 Å². The Bertz CT molecular complexity index is 549. The number of hydrogen-bond donors (Lipinski definition) is 1. The summed E-state index contributed by atoms with van der Waals surface area (Å²) in [7, 11) is 0. The van der Waals surface area contributed by atoms with E-state index in [4.69, 9.17) is 5.73 Å². The lowest BCUT2D eigenvalue weighted by molar-refractivity contribution is 0.1000. The fraction of sp³-hybridized carbons (Fsp3) is 0.182. The number of aryl methyl sites for hydroxylation is 2. The monoisotopic (exact) mass is 201 g/mol. The molecule has 2 rings (SSSR count). The number of pyridine rings is 2. The Morgan fingerprint density at radius 2 is 2.07 bits per heavy atom. The lowest BCUT2D eigenvalue weighted by atomic mass is 10.1. The number of carbonyl (C=O) groups is 1. The molecule has 0 radical (unpaired) electrons. The standard InChI is InChI=1S/C11H11N3O/c1-6-3-7(2)14-11-9(6)4-8(5-13-11)10(12)15/h3-5H,1-2H3,(H2,12,15). The summed E-state index contributed by atoms with van der Waals surface area (Å²) in [6.07, 6.45) is 1.45. The van der Waals surface area contributed by atoms with Gasteiger partial charge < -0.3 is 5.73 Å². The number of carbonyl (C=O) groups excluding carboxylic acids is 1. The second kappa shape index (κ2) is 3.31. The zero-order valence-electron chi connectivity index (χ0n) is 8.61. The summed E-state index contributed by atoms with van der Waals surface area (Å²) < 4.78 is 0. The van der Waals surface area contributed by atoms with Crippen molar-refractivity contribution in [1.82, 2.24) is 9.97 Å². The normalized spacial score (nSPS) is 10.5. The number of nitrogens with zero attached hydrogens (tertiary/aromatic N) is 2. The van der Waals surface area contributed by atoms with Crippen LogP contribution in [0.5, 0.6) is 0 Å². The molecule has 4 heteroatoms. The van der Waals surface area contributed by atoms with Gasteiger partial charge in [-0.1, -0.05) is 0 Å². The van der Waals surface area contributed by atoms with Crippen LogP contribution in [0.1, 0.15) is 21.6 Å². The fourth-order valence-electron chi connectivity index (χ4n) is 1.56. The molecule has 0 aliphatic heterocycles. The van der Waals surface area contributed by atoms with E-state index in [0.717, 1.165) is 16.6 Å². The molecule has 0 bridgehead atoms. The van der Waals surface area contributed by atoms with Gasteiger partial charge in [0.05, 0.1) is 5.56 Å². The van der Waals surface area contributed by atoms with Crippen LogP contribution in [0.4, 0.5) is 0 Å². The minimum absolute atomic E-state index is 0.413. The molecule has 0 atom stereocenters. The van der Waals surface area contributed by atoms with E-state index in [2.05, 4.69) is 9.97 Å². The third-order valence-electron chi connectivity index (χ3n) is 2.28. The molecule has 15 heavy (non-hydrogen) atoms. The van der Waals surface area contributed by atoms with Gasteiger partial charge in [-0.15, -0.1) is 0 Å². The lowest BCUT2D eigenvalue weighted by Gasteiger charge is -2.03. The first-order valence-corrected chi connectivity index (χ1v) is 4.62. The number of fused-ring (bicyclic) bond motifs is 1. The SMILES string of the molecule is Cc1cc(C)c2cc(C(N)=O)cnc2n1. The molecular weight excluding hydrogens is 190 g/mol. The lowest BCUT2D eigenvalue weighted by Crippen LogP contribution is -2.11. The molecule has 2 aromatic heterocycles. The van der Waals surface area contributed by atoms with E-state index in [0.29, 0.717) is 11.2 Å². The zero-order valence-corrected chi connectivity index (χ0v) is 8.61. The van der Waals surface area contributed by atoms with Crippen LogP contribution in [0.25, 0.3) is 11.0 Å². The van der Waals surface area contributed by atoms with Gasteiger partial charge in [-0.2, -0.15) is 0 Å². The molecule has 0 aliphatic rings. The maximum absolute atomic E-state index is 11.0. The summed E-state index contributed by atoms with van der Waals surface area (Å²) in [4.78, 5) is 19.4. The maximum atomic E-state index is 11.0. The van der Waals surface area contributed by atoms with Crippen LogP contribution in [0.15, 0.2) is 18.3 Å². The van der Waals surface area contributed by atoms with Gasteiger partial charge in [0.15, 0.2) is 5.65 Å². The second-order valence-electron chi connectivity index (χ2n) is 3.54. The summed E-state index contributed by atoms with van der Waals surface area (Å²) in [6, 6.07) is 3.68. The van der Waals surface area contributed by atoms with Crippen molar-refractivity contribution in [3.8, 4) is 0 Å². The average molecular weight is 201 g/mol. The van der Waals surface area contributed by atoms with E-state index in [1.54, 1.807) is 6.07 Å². The predicted molar refractivity (Wildman–Crippen MR) is 57.5 cm³/mol. The van der Waals surface area contributed by atoms with Crippen molar-refractivity contribution in [2.24, 2.45) is 5.73 Å². The van der Waals surface area contributed by atoms with Gasteiger partial charge in [-0.3, -0.25) is 4.79 Å². The summed E-state index contributed by atoms with van der Waals surface area (Å²) in [6.45, 7) is 3.87. The van der Waals surface area contributed by atoms with Crippen molar-refractivity contribution in [3.63, 3.8) is 0 Å². The minimum Gasteiger partial charge on any atom is -0.366 e. The van der Waals surface area contributed by atoms with Gasteiger partial charge in [0.1, 0.15) is 0 Å². The highest BCUT2D eigenvalue weighted by molar-refractivity contribution is 5.96. The van der Waals surface area contributed by atoms with Gasteiger partial charge in [0, 0.05) is 17.3 Å². The predicted octanol–water partition coefficient (Wildman–Crippen LogP) is 1.35. The zero-order chi connectivity index (χ0) is 11.0. The number of nitrogens with two attached hydrogens (primary N) is 1. The quantitative estimate of drug-likeness (QED) is 0.757. The molecule has 0 fully saturated rings. The Hall–Kier alpha value is -1.97. The van der Waals surface area contributed by atoms with Crippen molar-refractivity contribution in [3.05, 3.63) is 35.2 Å². The Kier molecular flexibility index (Phi) is 2.11. The Morgan fingerprint density at radius 3 is 2.73 bits per heavy atom. The van der Waals surface area contributed by atoms with E-state index in [9.17, 15) is 4.79 Å². The molecule has 2 N–H and O–H groups in total. The largest absolute Gasteiger partial charge is 0.366 e. The van der Waals surface area contributed by atoms with E-state index >= 15 is 0 Å². The van der Waals surface area contributed by atoms with Gasteiger partial charge >= 0.3 is 0 Å². The Balaban J connectivity index is 2.76. The van der Waals surface area contributed by atoms with Crippen molar-refractivity contribution in [1.29, 1.82) is 0 Å². The first-order chi connectivity index (χ1) is 7.08. The van der Waals surface area contributed by atoms with Crippen molar-refractivity contribution in [2.45, 2.75) is 13.8 Å². The highest BCUT2D eigenvalue weighted by atomic mass is 16.1. The van der Waals surface area contributed by atoms with Gasteiger partial charge in [-0.25, -0.2) is 9.97 Å². The molecule has 0 aliphatic carbocycles. The molecule has 0 spiro atoms. The first-order valence-electron chi connectivity index (χ1n) is 4.62. The molecule has 2 heterocycles. The molecule has 4 nitrogen and oxygen atoms in total. The van der Waals surface area contributed by atoms with Crippen molar-refractivity contribution in [2.75, 3.05) is 0 Å². The molecule has 0 saturated carbocycles. The summed E-state index contributed by atoms with van der Waals surface area (Å²) in [5.41, 5.74) is 8.21. The van der Waals surface area contributed by atoms with Crippen LogP contribution in [0, 0.1) is 13.8 Å². The van der Waals surface area contributed by atoms with Gasteiger partial charge in [0.2, 0.25) is 5.91 Å². The maximum Gasteiger partial charge on any atom is 0.250 e. The second-order valence-corrected chi connectivity index (χ2v) is 3.54. The van der Waals surface area contributed by atoms with E-state index < -0.39 is 5.91 Å². The van der Waals surface area contributed by atoms with Crippen LogP contribution >= 0.6 is 0 Å². The van der Waals surface area contributed by atoms with Crippen molar-refractivity contribution >= 4 is 16.9 Å². The smallest absolute Gasteiger partial charge is 0.250 e. The first kappa shape index (κ1) is 9.58. The highest BCUT2D eigenvalue weighted by Gasteiger charge is 2.06. The Labute approximate surface area is 87.1 Å². The van der Waals surface area contributed by atoms with Gasteiger partial charge in [-0.05, 0) is 31.5 Å². The average Bonchev–Trinajstić information content (AvgIpc) is 2.16. The fourth-order valence-corrected chi connectivity index (χ4v) is 1.56. The number of rotatable bonds is 1. The Morgan fingerprint density at radius 1 is 1.33 bits per heavy atom. The molecule has 0 unspecified atom stereocenters. The molecule has 2 aromatic rings. The highest BCUT2D eigenvalue weighted by Crippen LogP contribution is 2.16. The van der Waals surface area contributed by atoms with Crippen LogP contribution in [-0.2, 0) is 0 Å². The molecule has 0 aromatic carbocycles. The van der Waals surface area contributed by atoms with E-state index in [1.165, 1.54) is 6.20 Å². The number of primary amides is 1.